The maximum absolute atomic E-state index is 11.3. The Morgan fingerprint density at radius 3 is 2.69 bits per heavy atom. The van der Waals surface area contributed by atoms with Crippen molar-refractivity contribution in [1.82, 2.24) is 0 Å². The van der Waals surface area contributed by atoms with Crippen LogP contribution in [0.4, 0.5) is 0 Å². The zero-order chi connectivity index (χ0) is 9.68. The minimum Gasteiger partial charge on any atom is -0.400 e. The van der Waals surface area contributed by atoms with Gasteiger partial charge in [0.05, 0.1) is 5.75 Å². The van der Waals surface area contributed by atoms with Crippen LogP contribution in [-0.4, -0.2) is 9.96 Å². The summed E-state index contributed by atoms with van der Waals surface area (Å²) in [4.78, 5) is 0. The van der Waals surface area contributed by atoms with Gasteiger partial charge in [-0.3, -0.25) is 0 Å². The van der Waals surface area contributed by atoms with E-state index in [-0.39, 0.29) is 0 Å². The van der Waals surface area contributed by atoms with E-state index < -0.39 is 11.1 Å². The molecule has 0 aliphatic carbocycles. The highest BCUT2D eigenvalue weighted by molar-refractivity contribution is 7.80. The molecule has 0 bridgehead atoms. The van der Waals surface area contributed by atoms with Crippen LogP contribution in [0.25, 0.3) is 0 Å². The number of rotatable bonds is 4. The van der Waals surface area contributed by atoms with Crippen molar-refractivity contribution < 1.29 is 8.39 Å². The summed E-state index contributed by atoms with van der Waals surface area (Å²) in [5, 5.41) is 0. The number of hydrogen-bond donors (Lipinski definition) is 0. The van der Waals surface area contributed by atoms with Crippen molar-refractivity contribution in [2.45, 2.75) is 20.3 Å². The van der Waals surface area contributed by atoms with Crippen LogP contribution in [0, 0.1) is 6.92 Å². The molecule has 1 aromatic carbocycles. The van der Waals surface area contributed by atoms with Gasteiger partial charge in [0.1, 0.15) is 5.75 Å². The lowest BCUT2D eigenvalue weighted by atomic mass is 10.2. The molecule has 0 aliphatic heterocycles. The lowest BCUT2D eigenvalue weighted by Gasteiger charge is -2.05. The predicted molar refractivity (Wildman–Crippen MR) is 55.1 cm³/mol. The van der Waals surface area contributed by atoms with E-state index in [4.69, 9.17) is 4.18 Å². The standard InChI is InChI=1S/C10H14O2S/c1-3-8-13(11)12-10-7-5-4-6-9(10)2/h4-7H,3,8H2,1-2H3. The Bertz CT molecular complexity index is 297. The smallest absolute Gasteiger partial charge is 0.206 e. The van der Waals surface area contributed by atoms with Gasteiger partial charge in [0.2, 0.25) is 11.1 Å². The van der Waals surface area contributed by atoms with Crippen LogP contribution in [0.5, 0.6) is 5.75 Å². The molecule has 1 unspecified atom stereocenters. The molecular formula is C10H14O2S. The zero-order valence-corrected chi connectivity index (χ0v) is 8.76. The highest BCUT2D eigenvalue weighted by Gasteiger charge is 2.02. The fourth-order valence-electron chi connectivity index (χ4n) is 0.958. The van der Waals surface area contributed by atoms with E-state index in [2.05, 4.69) is 0 Å². The molecule has 0 heterocycles. The SMILES string of the molecule is CCCS(=O)Oc1ccccc1C. The van der Waals surface area contributed by atoms with E-state index in [0.29, 0.717) is 11.5 Å². The summed E-state index contributed by atoms with van der Waals surface area (Å²) in [6.07, 6.45) is 0.874. The first-order chi connectivity index (χ1) is 6.24. The highest BCUT2D eigenvalue weighted by atomic mass is 32.2. The fraction of sp³-hybridized carbons (Fsp3) is 0.400. The molecule has 0 fully saturated rings. The number of hydrogen-bond acceptors (Lipinski definition) is 2. The summed E-state index contributed by atoms with van der Waals surface area (Å²) in [5.74, 6) is 1.31. The van der Waals surface area contributed by atoms with E-state index in [0.717, 1.165) is 12.0 Å². The van der Waals surface area contributed by atoms with Crippen LogP contribution in [0.2, 0.25) is 0 Å². The van der Waals surface area contributed by atoms with Gasteiger partial charge in [0.25, 0.3) is 0 Å². The summed E-state index contributed by atoms with van der Waals surface area (Å²) in [6.45, 7) is 3.93. The minimum atomic E-state index is -1.18. The van der Waals surface area contributed by atoms with E-state index in [1.54, 1.807) is 0 Å². The number of para-hydroxylation sites is 1. The summed E-state index contributed by atoms with van der Waals surface area (Å²) in [6, 6.07) is 7.60. The average molecular weight is 198 g/mol. The molecule has 0 saturated carbocycles. The predicted octanol–water partition coefficient (Wildman–Crippen LogP) is 2.45. The fourth-order valence-corrected chi connectivity index (χ4v) is 1.76. The van der Waals surface area contributed by atoms with Crippen molar-refractivity contribution in [1.29, 1.82) is 0 Å². The molecular weight excluding hydrogens is 184 g/mol. The van der Waals surface area contributed by atoms with Gasteiger partial charge < -0.3 is 4.18 Å². The first-order valence-electron chi connectivity index (χ1n) is 4.36. The van der Waals surface area contributed by atoms with Gasteiger partial charge in [0.15, 0.2) is 0 Å². The first kappa shape index (κ1) is 10.3. The molecule has 3 heteroatoms. The van der Waals surface area contributed by atoms with Gasteiger partial charge in [-0.1, -0.05) is 25.1 Å². The highest BCUT2D eigenvalue weighted by Crippen LogP contribution is 2.17. The Morgan fingerprint density at radius 2 is 2.08 bits per heavy atom. The zero-order valence-electron chi connectivity index (χ0n) is 7.95. The van der Waals surface area contributed by atoms with Gasteiger partial charge in [-0.2, -0.15) is 0 Å². The molecule has 0 spiro atoms. The Balaban J connectivity index is 2.63. The molecule has 0 N–H and O–H groups in total. The largest absolute Gasteiger partial charge is 0.400 e. The molecule has 13 heavy (non-hydrogen) atoms. The van der Waals surface area contributed by atoms with Crippen LogP contribution < -0.4 is 4.18 Å². The van der Waals surface area contributed by atoms with Gasteiger partial charge in [-0.15, -0.1) is 0 Å². The second kappa shape index (κ2) is 5.02. The molecule has 72 valence electrons. The third-order valence-electron chi connectivity index (χ3n) is 1.65. The molecule has 0 amide bonds. The lowest BCUT2D eigenvalue weighted by Crippen LogP contribution is -2.04. The summed E-state index contributed by atoms with van der Waals surface area (Å²) >= 11 is -1.18. The number of aryl methyl sites for hydroxylation is 1. The minimum absolute atomic E-state index is 0.592. The molecule has 2 nitrogen and oxygen atoms in total. The molecule has 0 radical (unpaired) electrons. The molecule has 0 aromatic heterocycles. The normalized spacial score (nSPS) is 12.5. The summed E-state index contributed by atoms with van der Waals surface area (Å²) in [5.41, 5.74) is 1.02. The van der Waals surface area contributed by atoms with Crippen LogP contribution in [0.15, 0.2) is 24.3 Å². The molecule has 0 saturated heterocycles. The third kappa shape index (κ3) is 3.19. The maximum Gasteiger partial charge on any atom is 0.206 e. The van der Waals surface area contributed by atoms with Gasteiger partial charge in [0, 0.05) is 0 Å². The second-order valence-electron chi connectivity index (χ2n) is 2.86. The topological polar surface area (TPSA) is 26.3 Å². The van der Waals surface area contributed by atoms with Crippen molar-refractivity contribution in [2.24, 2.45) is 0 Å². The van der Waals surface area contributed by atoms with Gasteiger partial charge >= 0.3 is 0 Å². The van der Waals surface area contributed by atoms with Crippen molar-refractivity contribution >= 4 is 11.1 Å². The van der Waals surface area contributed by atoms with Crippen molar-refractivity contribution in [2.75, 3.05) is 5.75 Å². The molecule has 1 aromatic rings. The van der Waals surface area contributed by atoms with Crippen LogP contribution >= 0.6 is 0 Å². The Morgan fingerprint density at radius 1 is 1.38 bits per heavy atom. The lowest BCUT2D eigenvalue weighted by molar-refractivity contribution is 0.558. The molecule has 1 rings (SSSR count). The van der Waals surface area contributed by atoms with Crippen LogP contribution in [-0.2, 0) is 11.1 Å². The van der Waals surface area contributed by atoms with E-state index in [1.807, 2.05) is 38.1 Å². The maximum atomic E-state index is 11.3. The van der Waals surface area contributed by atoms with Crippen molar-refractivity contribution in [3.63, 3.8) is 0 Å². The summed E-state index contributed by atoms with van der Waals surface area (Å²) in [7, 11) is 0. The van der Waals surface area contributed by atoms with Gasteiger partial charge in [-0.05, 0) is 25.0 Å². The number of benzene rings is 1. The van der Waals surface area contributed by atoms with Crippen molar-refractivity contribution in [3.05, 3.63) is 29.8 Å². The third-order valence-corrected chi connectivity index (χ3v) is 2.75. The van der Waals surface area contributed by atoms with E-state index in [9.17, 15) is 4.21 Å². The first-order valence-corrected chi connectivity index (χ1v) is 5.60. The van der Waals surface area contributed by atoms with E-state index >= 15 is 0 Å². The van der Waals surface area contributed by atoms with Crippen LogP contribution in [0.1, 0.15) is 18.9 Å². The van der Waals surface area contributed by atoms with E-state index in [1.165, 1.54) is 0 Å². The second-order valence-corrected chi connectivity index (χ2v) is 4.04. The monoisotopic (exact) mass is 198 g/mol. The molecule has 0 aliphatic rings. The summed E-state index contributed by atoms with van der Waals surface area (Å²) < 4.78 is 16.5. The Kier molecular flexibility index (Phi) is 3.96. The quantitative estimate of drug-likeness (QED) is 0.742. The Hall–Kier alpha value is -0.830. The molecule has 1 atom stereocenters. The van der Waals surface area contributed by atoms with Gasteiger partial charge in [-0.25, -0.2) is 4.21 Å². The Labute approximate surface area is 81.6 Å². The van der Waals surface area contributed by atoms with Crippen LogP contribution in [0.3, 0.4) is 0 Å². The van der Waals surface area contributed by atoms with Crippen molar-refractivity contribution in [3.8, 4) is 5.75 Å². The average Bonchev–Trinajstić information content (AvgIpc) is 2.09.